The Kier molecular flexibility index (Phi) is 6.86. The van der Waals surface area contributed by atoms with Crippen molar-refractivity contribution in [1.82, 2.24) is 25.1 Å². The fourth-order valence-electron chi connectivity index (χ4n) is 2.47. The third-order valence-corrected chi connectivity index (χ3v) is 4.22. The van der Waals surface area contributed by atoms with Gasteiger partial charge in [0.2, 0.25) is 5.91 Å². The number of nitrogens with one attached hydrogen (secondary N) is 2. The first-order valence-corrected chi connectivity index (χ1v) is 10.2. The van der Waals surface area contributed by atoms with Crippen LogP contribution in [0.5, 0.6) is 0 Å². The van der Waals surface area contributed by atoms with E-state index in [0.29, 0.717) is 30.6 Å². The zero-order valence-corrected chi connectivity index (χ0v) is 17.4. The molecule has 2 aromatic rings. The molecule has 2 N–H and O–H groups in total. The maximum atomic E-state index is 12.0. The van der Waals surface area contributed by atoms with E-state index in [1.807, 2.05) is 10.9 Å². The van der Waals surface area contributed by atoms with Gasteiger partial charge in [-0.05, 0) is 17.6 Å². The van der Waals surface area contributed by atoms with Gasteiger partial charge in [-0.15, -0.1) is 0 Å². The second-order valence-corrected chi connectivity index (χ2v) is 8.80. The summed E-state index contributed by atoms with van der Waals surface area (Å²) in [5, 5.41) is 12.4. The van der Waals surface area contributed by atoms with Gasteiger partial charge in [-0.1, -0.05) is 46.4 Å². The van der Waals surface area contributed by atoms with Crippen LogP contribution >= 0.6 is 11.8 Å². The second kappa shape index (κ2) is 8.70. The van der Waals surface area contributed by atoms with E-state index in [0.717, 1.165) is 23.4 Å². The van der Waals surface area contributed by atoms with E-state index in [1.54, 1.807) is 6.20 Å². The third-order valence-electron chi connectivity index (χ3n) is 3.67. The van der Waals surface area contributed by atoms with Crippen molar-refractivity contribution in [1.29, 1.82) is 0 Å². The first-order chi connectivity index (χ1) is 12.2. The highest BCUT2D eigenvalue weighted by Gasteiger charge is 2.16. The van der Waals surface area contributed by atoms with Crippen LogP contribution < -0.4 is 10.6 Å². The maximum absolute atomic E-state index is 12.0. The Morgan fingerprint density at radius 3 is 2.65 bits per heavy atom. The number of hydrogen-bond donors (Lipinski definition) is 2. The van der Waals surface area contributed by atoms with E-state index in [1.165, 1.54) is 11.8 Å². The molecule has 2 aromatic heterocycles. The van der Waals surface area contributed by atoms with Crippen molar-refractivity contribution in [3.63, 3.8) is 0 Å². The molecule has 0 saturated carbocycles. The van der Waals surface area contributed by atoms with Crippen LogP contribution in [-0.2, 0) is 11.3 Å². The molecule has 7 nitrogen and oxygen atoms in total. The van der Waals surface area contributed by atoms with Crippen molar-refractivity contribution in [2.75, 3.05) is 24.7 Å². The van der Waals surface area contributed by atoms with Crippen LogP contribution in [0.1, 0.15) is 41.0 Å². The average molecular weight is 379 g/mol. The minimum absolute atomic E-state index is 0.0139. The van der Waals surface area contributed by atoms with Gasteiger partial charge >= 0.3 is 0 Å². The molecule has 0 atom stereocenters. The highest BCUT2D eigenvalue weighted by molar-refractivity contribution is 7.98. The van der Waals surface area contributed by atoms with Crippen LogP contribution in [-0.4, -0.2) is 45.0 Å². The number of thioether (sulfide) groups is 1. The molecule has 0 unspecified atom stereocenters. The van der Waals surface area contributed by atoms with Gasteiger partial charge in [0.15, 0.2) is 10.8 Å². The van der Waals surface area contributed by atoms with Gasteiger partial charge in [-0.25, -0.2) is 14.6 Å². The molecule has 2 heterocycles. The summed E-state index contributed by atoms with van der Waals surface area (Å²) in [5.41, 5.74) is 0.778. The van der Waals surface area contributed by atoms with Gasteiger partial charge in [-0.2, -0.15) is 5.10 Å². The largest absolute Gasteiger partial charge is 0.369 e. The van der Waals surface area contributed by atoms with Crippen LogP contribution in [0.2, 0.25) is 0 Å². The number of hydrogen-bond acceptors (Lipinski definition) is 6. The molecule has 26 heavy (non-hydrogen) atoms. The standard InChI is InChI=1S/C18H30N6OS/c1-12(2)10-20-15-13-11-21-24(16(13)23-17(22-15)26-6)8-7-19-14(25)9-18(3,4)5/h11-12H,7-10H2,1-6H3,(H,19,25)(H,20,22,23). The number of amides is 1. The summed E-state index contributed by atoms with van der Waals surface area (Å²) in [6.07, 6.45) is 4.26. The van der Waals surface area contributed by atoms with Crippen molar-refractivity contribution >= 4 is 34.5 Å². The van der Waals surface area contributed by atoms with Gasteiger partial charge in [0, 0.05) is 19.5 Å². The van der Waals surface area contributed by atoms with Crippen molar-refractivity contribution in [3.8, 4) is 0 Å². The SMILES string of the molecule is CSc1nc(NCC(C)C)c2cnn(CCNC(=O)CC(C)(C)C)c2n1. The normalized spacial score (nSPS) is 12.0. The van der Waals surface area contributed by atoms with Crippen molar-refractivity contribution < 1.29 is 4.79 Å². The molecule has 8 heteroatoms. The van der Waals surface area contributed by atoms with Crippen LogP contribution in [0, 0.1) is 11.3 Å². The van der Waals surface area contributed by atoms with E-state index < -0.39 is 0 Å². The average Bonchev–Trinajstić information content (AvgIpc) is 2.94. The molecule has 0 aromatic carbocycles. The molecular formula is C18H30N6OS. The summed E-state index contributed by atoms with van der Waals surface area (Å²) in [5.74, 6) is 1.40. The highest BCUT2D eigenvalue weighted by atomic mass is 32.2. The summed E-state index contributed by atoms with van der Waals surface area (Å²) < 4.78 is 1.83. The zero-order chi connectivity index (χ0) is 19.3. The lowest BCUT2D eigenvalue weighted by atomic mass is 9.92. The Balaban J connectivity index is 2.11. The maximum Gasteiger partial charge on any atom is 0.220 e. The number of fused-ring (bicyclic) bond motifs is 1. The van der Waals surface area contributed by atoms with Gasteiger partial charge in [0.1, 0.15) is 5.82 Å². The van der Waals surface area contributed by atoms with Crippen molar-refractivity contribution in [3.05, 3.63) is 6.20 Å². The molecule has 1 amide bonds. The molecule has 0 radical (unpaired) electrons. The number of nitrogens with zero attached hydrogens (tertiary/aromatic N) is 4. The molecular weight excluding hydrogens is 348 g/mol. The minimum atomic E-state index is -0.0139. The molecule has 0 saturated heterocycles. The van der Waals surface area contributed by atoms with E-state index in [4.69, 9.17) is 0 Å². The minimum Gasteiger partial charge on any atom is -0.369 e. The van der Waals surface area contributed by atoms with E-state index >= 15 is 0 Å². The smallest absolute Gasteiger partial charge is 0.220 e. The number of carbonyl (C=O) groups is 1. The monoisotopic (exact) mass is 378 g/mol. The first-order valence-electron chi connectivity index (χ1n) is 8.97. The Hall–Kier alpha value is -1.83. The van der Waals surface area contributed by atoms with Gasteiger partial charge in [-0.3, -0.25) is 4.79 Å². The first kappa shape index (κ1) is 20.5. The fraction of sp³-hybridized carbons (Fsp3) is 0.667. The molecule has 0 bridgehead atoms. The van der Waals surface area contributed by atoms with Crippen LogP contribution in [0.15, 0.2) is 11.4 Å². The summed E-state index contributed by atoms with van der Waals surface area (Å²) >= 11 is 1.51. The molecule has 0 aliphatic rings. The van der Waals surface area contributed by atoms with E-state index in [9.17, 15) is 4.79 Å². The molecule has 2 rings (SSSR count). The van der Waals surface area contributed by atoms with Crippen LogP contribution in [0.4, 0.5) is 5.82 Å². The highest BCUT2D eigenvalue weighted by Crippen LogP contribution is 2.23. The molecule has 0 aliphatic carbocycles. The molecule has 0 fully saturated rings. The predicted molar refractivity (Wildman–Crippen MR) is 108 cm³/mol. The Morgan fingerprint density at radius 1 is 1.31 bits per heavy atom. The topological polar surface area (TPSA) is 84.7 Å². The van der Waals surface area contributed by atoms with Gasteiger partial charge in [0.05, 0.1) is 18.1 Å². The summed E-state index contributed by atoms with van der Waals surface area (Å²) in [7, 11) is 0. The summed E-state index contributed by atoms with van der Waals surface area (Å²) in [4.78, 5) is 21.1. The molecule has 144 valence electrons. The lowest BCUT2D eigenvalue weighted by Gasteiger charge is -2.17. The van der Waals surface area contributed by atoms with E-state index in [2.05, 4.69) is 60.3 Å². The Labute approximate surface area is 159 Å². The predicted octanol–water partition coefficient (Wildman–Crippen LogP) is 3.17. The lowest BCUT2D eigenvalue weighted by Crippen LogP contribution is -2.30. The van der Waals surface area contributed by atoms with Crippen LogP contribution in [0.3, 0.4) is 0 Å². The summed E-state index contributed by atoms with van der Waals surface area (Å²) in [6, 6.07) is 0. The Morgan fingerprint density at radius 2 is 2.04 bits per heavy atom. The Bertz CT molecular complexity index is 750. The number of carbonyl (C=O) groups excluding carboxylic acids is 1. The van der Waals surface area contributed by atoms with Gasteiger partial charge < -0.3 is 10.6 Å². The third kappa shape index (κ3) is 5.86. The zero-order valence-electron chi connectivity index (χ0n) is 16.6. The summed E-state index contributed by atoms with van der Waals surface area (Å²) in [6.45, 7) is 12.4. The molecule has 0 spiro atoms. The fourth-order valence-corrected chi connectivity index (χ4v) is 2.83. The number of rotatable bonds is 8. The second-order valence-electron chi connectivity index (χ2n) is 8.03. The van der Waals surface area contributed by atoms with Crippen LogP contribution in [0.25, 0.3) is 11.0 Å². The van der Waals surface area contributed by atoms with E-state index in [-0.39, 0.29) is 11.3 Å². The number of aromatic nitrogens is 4. The van der Waals surface area contributed by atoms with Crippen molar-refractivity contribution in [2.24, 2.45) is 11.3 Å². The quantitative estimate of drug-likeness (QED) is 0.542. The number of anilines is 1. The van der Waals surface area contributed by atoms with Crippen molar-refractivity contribution in [2.45, 2.75) is 52.7 Å². The van der Waals surface area contributed by atoms with Gasteiger partial charge in [0.25, 0.3) is 0 Å². The lowest BCUT2D eigenvalue weighted by molar-refractivity contribution is -0.122. The molecule has 0 aliphatic heterocycles.